The highest BCUT2D eigenvalue weighted by Crippen LogP contribution is 2.32. The van der Waals surface area contributed by atoms with Crippen LogP contribution in [0.3, 0.4) is 0 Å². The van der Waals surface area contributed by atoms with Crippen LogP contribution in [0.15, 0.2) is 18.3 Å². The van der Waals surface area contributed by atoms with E-state index in [0.29, 0.717) is 24.7 Å². The lowest BCUT2D eigenvalue weighted by Gasteiger charge is -2.32. The van der Waals surface area contributed by atoms with E-state index in [1.807, 2.05) is 11.0 Å². The summed E-state index contributed by atoms with van der Waals surface area (Å²) in [7, 11) is 0. The first-order chi connectivity index (χ1) is 8.55. The first-order valence-corrected chi connectivity index (χ1v) is 5.92. The van der Waals surface area contributed by atoms with Gasteiger partial charge in [0.05, 0.1) is 5.52 Å². The molecule has 6 heteroatoms. The van der Waals surface area contributed by atoms with Crippen LogP contribution in [0.5, 0.6) is 0 Å². The Morgan fingerprint density at radius 2 is 2.06 bits per heavy atom. The highest BCUT2D eigenvalue weighted by molar-refractivity contribution is 5.91. The van der Waals surface area contributed by atoms with Gasteiger partial charge in [-0.05, 0) is 12.1 Å². The first kappa shape index (κ1) is 11.3. The summed E-state index contributed by atoms with van der Waals surface area (Å²) in [5.41, 5.74) is 6.60. The molecule has 96 valence electrons. The summed E-state index contributed by atoms with van der Waals surface area (Å²) in [4.78, 5) is 9.23. The number of nitrogens with one attached hydrogen (secondary N) is 1. The van der Waals surface area contributed by atoms with Gasteiger partial charge in [-0.15, -0.1) is 0 Å². The number of H-pyrrole nitrogens is 1. The van der Waals surface area contributed by atoms with E-state index in [4.69, 9.17) is 5.73 Å². The minimum absolute atomic E-state index is 0.133. The number of halogens is 2. The van der Waals surface area contributed by atoms with E-state index in [2.05, 4.69) is 9.97 Å². The van der Waals surface area contributed by atoms with Crippen molar-refractivity contribution in [1.29, 1.82) is 0 Å². The second-order valence-electron chi connectivity index (χ2n) is 4.66. The van der Waals surface area contributed by atoms with Crippen molar-refractivity contribution in [1.82, 2.24) is 9.97 Å². The van der Waals surface area contributed by atoms with Crippen LogP contribution in [-0.4, -0.2) is 29.0 Å². The molecule has 0 atom stereocenters. The molecular weight excluding hydrogens is 238 g/mol. The zero-order valence-corrected chi connectivity index (χ0v) is 9.79. The number of nitrogens with two attached hydrogens (primary N) is 1. The molecule has 1 saturated heterocycles. The van der Waals surface area contributed by atoms with Crippen LogP contribution in [0.2, 0.25) is 0 Å². The number of piperidine rings is 1. The topological polar surface area (TPSA) is 57.9 Å². The van der Waals surface area contributed by atoms with Crippen LogP contribution >= 0.6 is 0 Å². The van der Waals surface area contributed by atoms with Gasteiger partial charge in [0.25, 0.3) is 5.92 Å². The fourth-order valence-electron chi connectivity index (χ4n) is 2.34. The third-order valence-corrected chi connectivity index (χ3v) is 3.34. The molecule has 4 nitrogen and oxygen atoms in total. The molecule has 0 saturated carbocycles. The number of alkyl halides is 2. The molecule has 3 heterocycles. The summed E-state index contributed by atoms with van der Waals surface area (Å²) in [6, 6.07) is 3.67. The smallest absolute Gasteiger partial charge is 0.251 e. The Balaban J connectivity index is 1.97. The summed E-state index contributed by atoms with van der Waals surface area (Å²) < 4.78 is 26.3. The van der Waals surface area contributed by atoms with Crippen LogP contribution in [0.4, 0.5) is 20.4 Å². The lowest BCUT2D eigenvalue weighted by molar-refractivity contribution is -0.0221. The SMILES string of the molecule is Nc1cc2cc[nH]c2c(N2CCC(F)(F)CC2)n1. The minimum Gasteiger partial charge on any atom is -0.384 e. The maximum Gasteiger partial charge on any atom is 0.251 e. The van der Waals surface area contributed by atoms with Crippen LogP contribution in [0.1, 0.15) is 12.8 Å². The number of nitrogens with zero attached hydrogens (tertiary/aromatic N) is 2. The molecule has 3 N–H and O–H groups in total. The molecule has 1 fully saturated rings. The summed E-state index contributed by atoms with van der Waals surface area (Å²) in [6.45, 7) is 0.606. The zero-order valence-electron chi connectivity index (χ0n) is 9.79. The molecule has 1 aliphatic rings. The van der Waals surface area contributed by atoms with Crippen LogP contribution in [0, 0.1) is 0 Å². The van der Waals surface area contributed by atoms with Crippen molar-refractivity contribution in [3.05, 3.63) is 18.3 Å². The molecule has 3 rings (SSSR count). The first-order valence-electron chi connectivity index (χ1n) is 5.92. The van der Waals surface area contributed by atoms with Crippen molar-refractivity contribution in [2.75, 3.05) is 23.7 Å². The third kappa shape index (κ3) is 1.87. The minimum atomic E-state index is -2.55. The Labute approximate surface area is 103 Å². The summed E-state index contributed by atoms with van der Waals surface area (Å²) in [5.74, 6) is -1.47. The zero-order chi connectivity index (χ0) is 12.8. The normalized spacial score (nSPS) is 19.3. The van der Waals surface area contributed by atoms with E-state index >= 15 is 0 Å². The fourth-order valence-corrected chi connectivity index (χ4v) is 2.34. The number of fused-ring (bicyclic) bond motifs is 1. The van der Waals surface area contributed by atoms with Crippen LogP contribution in [-0.2, 0) is 0 Å². The van der Waals surface area contributed by atoms with Gasteiger partial charge in [0.15, 0.2) is 5.82 Å². The van der Waals surface area contributed by atoms with Gasteiger partial charge in [0.1, 0.15) is 5.82 Å². The maximum atomic E-state index is 13.1. The summed E-state index contributed by atoms with van der Waals surface area (Å²) >= 11 is 0. The maximum absolute atomic E-state index is 13.1. The quantitative estimate of drug-likeness (QED) is 0.819. The number of hydrogen-bond donors (Lipinski definition) is 2. The standard InChI is InChI=1S/C12H14F2N4/c13-12(14)2-5-18(6-3-12)11-10-8(1-4-16-10)7-9(15)17-11/h1,4,7,16H,2-3,5-6H2,(H2,15,17). The number of hydrogen-bond acceptors (Lipinski definition) is 3. The molecule has 18 heavy (non-hydrogen) atoms. The Morgan fingerprint density at radius 3 is 2.78 bits per heavy atom. The Hall–Kier alpha value is -1.85. The van der Waals surface area contributed by atoms with E-state index in [0.717, 1.165) is 10.9 Å². The summed E-state index contributed by atoms with van der Waals surface area (Å²) in [6.07, 6.45) is 1.53. The molecular formula is C12H14F2N4. The number of aromatic nitrogens is 2. The average Bonchev–Trinajstić information content (AvgIpc) is 2.76. The van der Waals surface area contributed by atoms with Gasteiger partial charge in [0, 0.05) is 37.5 Å². The summed E-state index contributed by atoms with van der Waals surface area (Å²) in [5, 5.41) is 0.954. The Bertz CT molecular complexity index is 568. The molecule has 0 bridgehead atoms. The van der Waals surface area contributed by atoms with Gasteiger partial charge in [-0.25, -0.2) is 13.8 Å². The van der Waals surface area contributed by atoms with Crippen molar-refractivity contribution in [2.45, 2.75) is 18.8 Å². The molecule has 0 amide bonds. The van der Waals surface area contributed by atoms with E-state index < -0.39 is 5.92 Å². The van der Waals surface area contributed by atoms with Crippen LogP contribution in [0.25, 0.3) is 10.9 Å². The fraction of sp³-hybridized carbons (Fsp3) is 0.417. The lowest BCUT2D eigenvalue weighted by atomic mass is 10.1. The van der Waals surface area contributed by atoms with E-state index in [1.165, 1.54) is 0 Å². The van der Waals surface area contributed by atoms with Crippen molar-refractivity contribution in [3.8, 4) is 0 Å². The van der Waals surface area contributed by atoms with E-state index in [1.54, 1.807) is 12.3 Å². The van der Waals surface area contributed by atoms with Crippen molar-refractivity contribution >= 4 is 22.5 Å². The lowest BCUT2D eigenvalue weighted by Crippen LogP contribution is -2.39. The second kappa shape index (κ2) is 3.83. The molecule has 0 aromatic carbocycles. The molecule has 1 aliphatic heterocycles. The number of aromatic amines is 1. The number of nitrogen functional groups attached to an aromatic ring is 1. The number of anilines is 2. The molecule has 0 spiro atoms. The monoisotopic (exact) mass is 252 g/mol. The van der Waals surface area contributed by atoms with Gasteiger partial charge in [0.2, 0.25) is 0 Å². The van der Waals surface area contributed by atoms with Gasteiger partial charge in [-0.3, -0.25) is 0 Å². The second-order valence-corrected chi connectivity index (χ2v) is 4.66. The Morgan fingerprint density at radius 1 is 1.33 bits per heavy atom. The van der Waals surface area contributed by atoms with Crippen molar-refractivity contribution in [3.63, 3.8) is 0 Å². The largest absolute Gasteiger partial charge is 0.384 e. The van der Waals surface area contributed by atoms with E-state index in [-0.39, 0.29) is 12.8 Å². The molecule has 2 aromatic heterocycles. The predicted octanol–water partition coefficient (Wildman–Crippen LogP) is 2.38. The van der Waals surface area contributed by atoms with Crippen molar-refractivity contribution in [2.24, 2.45) is 0 Å². The number of rotatable bonds is 1. The average molecular weight is 252 g/mol. The van der Waals surface area contributed by atoms with Gasteiger partial charge in [-0.2, -0.15) is 0 Å². The third-order valence-electron chi connectivity index (χ3n) is 3.34. The van der Waals surface area contributed by atoms with Gasteiger partial charge < -0.3 is 15.6 Å². The highest BCUT2D eigenvalue weighted by Gasteiger charge is 2.34. The van der Waals surface area contributed by atoms with Crippen LogP contribution < -0.4 is 10.6 Å². The molecule has 0 aliphatic carbocycles. The molecule has 0 unspecified atom stereocenters. The number of pyridine rings is 1. The van der Waals surface area contributed by atoms with Gasteiger partial charge >= 0.3 is 0 Å². The predicted molar refractivity (Wildman–Crippen MR) is 66.9 cm³/mol. The van der Waals surface area contributed by atoms with E-state index in [9.17, 15) is 8.78 Å². The van der Waals surface area contributed by atoms with Crippen molar-refractivity contribution < 1.29 is 8.78 Å². The molecule has 2 aromatic rings. The highest BCUT2D eigenvalue weighted by atomic mass is 19.3. The Kier molecular flexibility index (Phi) is 2.39. The van der Waals surface area contributed by atoms with Gasteiger partial charge in [-0.1, -0.05) is 0 Å². The molecule has 0 radical (unpaired) electrons.